The van der Waals surface area contributed by atoms with E-state index in [9.17, 15) is 27.5 Å². The van der Waals surface area contributed by atoms with Gasteiger partial charge in [-0.15, -0.1) is 0 Å². The largest absolute Gasteiger partial charge is 0.417 e. The number of carbonyl (C=O) groups is 1. The Hall–Kier alpha value is -3.22. The fraction of sp³-hybridized carbons (Fsp3) is 0.273. The van der Waals surface area contributed by atoms with E-state index in [-0.39, 0.29) is 12.2 Å². The van der Waals surface area contributed by atoms with Crippen molar-refractivity contribution in [3.8, 4) is 6.07 Å². The number of hydrogen-bond acceptors (Lipinski definition) is 4. The Labute approximate surface area is 176 Å². The Bertz CT molecular complexity index is 1060. The summed E-state index contributed by atoms with van der Waals surface area (Å²) in [6, 6.07) is 8.65. The lowest BCUT2D eigenvalue weighted by Crippen LogP contribution is -2.51. The Morgan fingerprint density at radius 2 is 2.00 bits per heavy atom. The first-order valence-electron chi connectivity index (χ1n) is 9.34. The van der Waals surface area contributed by atoms with Crippen molar-refractivity contribution in [2.24, 2.45) is 0 Å². The molecule has 0 fully saturated rings. The molecule has 0 bridgehead atoms. The van der Waals surface area contributed by atoms with Crippen LogP contribution in [0.1, 0.15) is 22.3 Å². The number of β-amino-alcohol motifs (C(OH)–C–C–N with tert-alkyl or cyclic N) is 1. The Kier molecular flexibility index (Phi) is 6.15. The summed E-state index contributed by atoms with van der Waals surface area (Å²) in [6.45, 7) is 4.10. The number of nitriles is 1. The van der Waals surface area contributed by atoms with Gasteiger partial charge in [-0.2, -0.15) is 18.4 Å². The fourth-order valence-corrected chi connectivity index (χ4v) is 3.48. The number of halogens is 4. The van der Waals surface area contributed by atoms with Crippen molar-refractivity contribution in [2.75, 3.05) is 18.4 Å². The van der Waals surface area contributed by atoms with E-state index in [1.165, 1.54) is 18.2 Å². The van der Waals surface area contributed by atoms with Gasteiger partial charge in [-0.3, -0.25) is 9.69 Å². The molecule has 2 aromatic rings. The minimum atomic E-state index is -4.78. The molecule has 2 aromatic carbocycles. The third-order valence-electron chi connectivity index (χ3n) is 5.16. The van der Waals surface area contributed by atoms with Crippen LogP contribution in [0.5, 0.6) is 0 Å². The Balaban J connectivity index is 1.77. The van der Waals surface area contributed by atoms with E-state index >= 15 is 0 Å². The first-order valence-corrected chi connectivity index (χ1v) is 9.34. The highest BCUT2D eigenvalue weighted by Crippen LogP contribution is 2.34. The molecular weight excluding hydrogens is 414 g/mol. The van der Waals surface area contributed by atoms with Crippen LogP contribution in [0.25, 0.3) is 0 Å². The molecule has 1 aliphatic heterocycles. The molecule has 1 heterocycles. The summed E-state index contributed by atoms with van der Waals surface area (Å²) in [5.74, 6) is -1.36. The van der Waals surface area contributed by atoms with Crippen LogP contribution in [0.2, 0.25) is 0 Å². The molecule has 162 valence electrons. The van der Waals surface area contributed by atoms with Crippen LogP contribution in [-0.2, 0) is 23.9 Å². The van der Waals surface area contributed by atoms with Gasteiger partial charge in [0.05, 0.1) is 17.2 Å². The number of fused-ring (bicyclic) bond motifs is 1. The number of anilines is 1. The predicted molar refractivity (Wildman–Crippen MR) is 105 cm³/mol. The Morgan fingerprint density at radius 1 is 1.26 bits per heavy atom. The van der Waals surface area contributed by atoms with Crippen LogP contribution in [0, 0.1) is 17.1 Å². The van der Waals surface area contributed by atoms with Gasteiger partial charge in [0.15, 0.2) is 5.60 Å². The quantitative estimate of drug-likeness (QED) is 0.558. The van der Waals surface area contributed by atoms with Gasteiger partial charge in [0.2, 0.25) is 0 Å². The molecule has 0 unspecified atom stereocenters. The first-order chi connectivity index (χ1) is 14.6. The SMILES string of the molecule is C=C[C@](O)(CN1CCc2ccc(F)cc2C1)C(=O)Nc1ccc(C#N)c(C(F)(F)F)c1. The van der Waals surface area contributed by atoms with Gasteiger partial charge in [-0.1, -0.05) is 12.6 Å². The number of benzene rings is 2. The second kappa shape index (κ2) is 8.49. The van der Waals surface area contributed by atoms with E-state index < -0.39 is 34.6 Å². The van der Waals surface area contributed by atoms with Gasteiger partial charge in [0, 0.05) is 25.3 Å². The molecule has 0 saturated carbocycles. The normalized spacial score (nSPS) is 16.0. The van der Waals surface area contributed by atoms with E-state index in [1.54, 1.807) is 11.0 Å². The molecule has 3 rings (SSSR count). The van der Waals surface area contributed by atoms with Gasteiger partial charge in [-0.05, 0) is 54.0 Å². The molecule has 0 spiro atoms. The third kappa shape index (κ3) is 4.93. The second-order valence-corrected chi connectivity index (χ2v) is 7.33. The number of aliphatic hydroxyl groups is 1. The highest BCUT2D eigenvalue weighted by atomic mass is 19.4. The summed E-state index contributed by atoms with van der Waals surface area (Å²) in [5.41, 5.74) is -2.38. The fourth-order valence-electron chi connectivity index (χ4n) is 3.48. The van der Waals surface area contributed by atoms with Crippen LogP contribution < -0.4 is 5.32 Å². The number of alkyl halides is 3. The van der Waals surface area contributed by atoms with Gasteiger partial charge >= 0.3 is 6.18 Å². The van der Waals surface area contributed by atoms with Crippen LogP contribution >= 0.6 is 0 Å². The molecule has 0 aliphatic carbocycles. The van der Waals surface area contributed by atoms with Crippen molar-refractivity contribution in [3.63, 3.8) is 0 Å². The van der Waals surface area contributed by atoms with E-state index in [4.69, 9.17) is 5.26 Å². The zero-order chi connectivity index (χ0) is 22.8. The van der Waals surface area contributed by atoms with Crippen LogP contribution in [0.15, 0.2) is 49.1 Å². The maximum atomic E-state index is 13.5. The van der Waals surface area contributed by atoms with Gasteiger partial charge in [-0.25, -0.2) is 4.39 Å². The summed E-state index contributed by atoms with van der Waals surface area (Å²) in [6.07, 6.45) is -3.18. The standard InChI is InChI=1S/C22H19F4N3O2/c1-2-21(31,13-29-8-7-14-3-5-17(23)9-16(14)12-29)20(30)28-18-6-4-15(11-27)19(10-18)22(24,25)26/h2-6,9-10,31H,1,7-8,12-13H2,(H,28,30)/t21-/m0/s1. The highest BCUT2D eigenvalue weighted by molar-refractivity contribution is 5.99. The van der Waals surface area contributed by atoms with Crippen molar-refractivity contribution in [1.82, 2.24) is 4.90 Å². The molecule has 31 heavy (non-hydrogen) atoms. The van der Waals surface area contributed by atoms with Gasteiger partial charge in [0.25, 0.3) is 5.91 Å². The minimum Gasteiger partial charge on any atom is -0.375 e. The summed E-state index contributed by atoms with van der Waals surface area (Å²) < 4.78 is 53.0. The van der Waals surface area contributed by atoms with E-state index in [0.717, 1.165) is 29.3 Å². The van der Waals surface area contributed by atoms with Crippen molar-refractivity contribution in [2.45, 2.75) is 24.7 Å². The molecular formula is C22H19F4N3O2. The smallest absolute Gasteiger partial charge is 0.375 e. The summed E-state index contributed by atoms with van der Waals surface area (Å²) >= 11 is 0. The monoisotopic (exact) mass is 433 g/mol. The number of carbonyl (C=O) groups excluding carboxylic acids is 1. The molecule has 1 atom stereocenters. The lowest BCUT2D eigenvalue weighted by Gasteiger charge is -2.34. The maximum Gasteiger partial charge on any atom is 0.417 e. The number of amides is 1. The van der Waals surface area contributed by atoms with Crippen molar-refractivity contribution in [1.29, 1.82) is 5.26 Å². The average Bonchev–Trinajstić information content (AvgIpc) is 2.72. The molecule has 1 aliphatic rings. The van der Waals surface area contributed by atoms with Gasteiger partial charge in [0.1, 0.15) is 5.82 Å². The number of hydrogen-bond donors (Lipinski definition) is 2. The van der Waals surface area contributed by atoms with Crippen LogP contribution in [0.4, 0.5) is 23.2 Å². The number of rotatable bonds is 5. The minimum absolute atomic E-state index is 0.180. The van der Waals surface area contributed by atoms with Crippen LogP contribution in [0.3, 0.4) is 0 Å². The molecule has 2 N–H and O–H groups in total. The number of nitrogens with zero attached hydrogens (tertiary/aromatic N) is 2. The predicted octanol–water partition coefficient (Wildman–Crippen LogP) is 3.63. The molecule has 5 nitrogen and oxygen atoms in total. The van der Waals surface area contributed by atoms with Crippen molar-refractivity contribution < 1.29 is 27.5 Å². The van der Waals surface area contributed by atoms with E-state index in [2.05, 4.69) is 11.9 Å². The van der Waals surface area contributed by atoms with Crippen molar-refractivity contribution in [3.05, 3.63) is 77.1 Å². The lowest BCUT2D eigenvalue weighted by atomic mass is 9.96. The first kappa shape index (κ1) is 22.5. The van der Waals surface area contributed by atoms with Crippen molar-refractivity contribution >= 4 is 11.6 Å². The average molecular weight is 433 g/mol. The summed E-state index contributed by atoms with van der Waals surface area (Å²) in [5, 5.41) is 21.9. The van der Waals surface area contributed by atoms with E-state index in [1.807, 2.05) is 0 Å². The molecule has 0 radical (unpaired) electrons. The van der Waals surface area contributed by atoms with Gasteiger partial charge < -0.3 is 10.4 Å². The molecule has 0 saturated heterocycles. The maximum absolute atomic E-state index is 13.5. The Morgan fingerprint density at radius 3 is 2.65 bits per heavy atom. The second-order valence-electron chi connectivity index (χ2n) is 7.33. The third-order valence-corrected chi connectivity index (χ3v) is 5.16. The van der Waals surface area contributed by atoms with E-state index in [0.29, 0.717) is 25.6 Å². The zero-order valence-corrected chi connectivity index (χ0v) is 16.3. The number of nitrogens with one attached hydrogen (secondary N) is 1. The highest BCUT2D eigenvalue weighted by Gasteiger charge is 2.37. The summed E-state index contributed by atoms with van der Waals surface area (Å²) in [4.78, 5) is 14.4. The molecule has 1 amide bonds. The van der Waals surface area contributed by atoms with Crippen LogP contribution in [-0.4, -0.2) is 34.6 Å². The lowest BCUT2D eigenvalue weighted by molar-refractivity contribution is -0.138. The topological polar surface area (TPSA) is 76.4 Å². The summed E-state index contributed by atoms with van der Waals surface area (Å²) in [7, 11) is 0. The molecule has 9 heteroatoms. The zero-order valence-electron chi connectivity index (χ0n) is 16.3. The molecule has 0 aromatic heterocycles.